The number of amides is 3. The molecule has 0 radical (unpaired) electrons. The molecule has 3 aromatic rings. The first-order valence-electron chi connectivity index (χ1n) is 14.7. The highest BCUT2D eigenvalue weighted by Gasteiger charge is 2.23. The van der Waals surface area contributed by atoms with Crippen LogP contribution in [0.5, 0.6) is 0 Å². The van der Waals surface area contributed by atoms with E-state index in [1.165, 1.54) is 0 Å². The van der Waals surface area contributed by atoms with Crippen molar-refractivity contribution in [2.75, 3.05) is 19.6 Å². The summed E-state index contributed by atoms with van der Waals surface area (Å²) in [5.74, 6) is -0.756. The number of furan rings is 1. The van der Waals surface area contributed by atoms with Gasteiger partial charge in [-0.2, -0.15) is 0 Å². The van der Waals surface area contributed by atoms with Crippen LogP contribution in [0.2, 0.25) is 0 Å². The van der Waals surface area contributed by atoms with Crippen LogP contribution in [-0.2, 0) is 46.6 Å². The number of nitrogens with zero attached hydrogens (tertiary/aromatic N) is 1. The molecule has 2 atom stereocenters. The van der Waals surface area contributed by atoms with Crippen LogP contribution in [0.1, 0.15) is 54.5 Å². The van der Waals surface area contributed by atoms with Crippen molar-refractivity contribution in [3.8, 4) is 0 Å². The molecule has 3 amide bonds. The van der Waals surface area contributed by atoms with Crippen LogP contribution < -0.4 is 16.4 Å². The Hall–Kier alpha value is -3.95. The molecule has 0 saturated carbocycles. The minimum Gasteiger partial charge on any atom is -0.472 e. The van der Waals surface area contributed by atoms with E-state index < -0.39 is 18.1 Å². The number of carbonyl (C=O) groups excluding carboxylic acids is 3. The van der Waals surface area contributed by atoms with Gasteiger partial charge in [0.25, 0.3) is 0 Å². The first-order chi connectivity index (χ1) is 20.3. The summed E-state index contributed by atoms with van der Waals surface area (Å²) < 4.78 is 5.19. The van der Waals surface area contributed by atoms with E-state index in [0.29, 0.717) is 37.2 Å². The highest BCUT2D eigenvalue weighted by Crippen LogP contribution is 2.15. The number of carbonyl (C=O) groups is 3. The van der Waals surface area contributed by atoms with Crippen molar-refractivity contribution in [3.05, 3.63) is 94.9 Å². The minimum absolute atomic E-state index is 0.0108. The predicted molar refractivity (Wildman–Crippen MR) is 162 cm³/mol. The van der Waals surface area contributed by atoms with Crippen LogP contribution in [0.3, 0.4) is 0 Å². The molecular formula is C33H44N4O5. The van der Waals surface area contributed by atoms with Crippen molar-refractivity contribution >= 4 is 17.7 Å². The molecule has 0 spiro atoms. The fourth-order valence-corrected chi connectivity index (χ4v) is 5.03. The first kappa shape index (κ1) is 32.6. The molecule has 1 aromatic heterocycles. The Morgan fingerprint density at radius 3 is 2.12 bits per heavy atom. The van der Waals surface area contributed by atoms with E-state index in [-0.39, 0.29) is 37.6 Å². The highest BCUT2D eigenvalue weighted by atomic mass is 16.3. The van der Waals surface area contributed by atoms with E-state index in [4.69, 9.17) is 10.2 Å². The third-order valence-electron chi connectivity index (χ3n) is 6.92. The number of hydrogen-bond donors (Lipinski definition) is 4. The van der Waals surface area contributed by atoms with Crippen LogP contribution >= 0.6 is 0 Å². The van der Waals surface area contributed by atoms with Gasteiger partial charge in [0.2, 0.25) is 17.7 Å². The zero-order valence-electron chi connectivity index (χ0n) is 24.7. The summed E-state index contributed by atoms with van der Waals surface area (Å²) in [6.45, 7) is 6.32. The minimum atomic E-state index is -0.856. The largest absolute Gasteiger partial charge is 0.472 e. The SMILES string of the molecule is CCCN(CCC)C(=O)Cc1cc(CC(N)=O)cc(CC(=O)N[C@@H](Cc2ccoc2)[C@H](O)CNCc2ccccc2)c1. The molecule has 0 aliphatic carbocycles. The molecule has 2 aromatic carbocycles. The van der Waals surface area contributed by atoms with Crippen LogP contribution in [0.4, 0.5) is 0 Å². The number of nitrogens with two attached hydrogens (primary N) is 1. The summed E-state index contributed by atoms with van der Waals surface area (Å²) in [5, 5.41) is 17.3. The number of aliphatic hydroxyl groups is 1. The lowest BCUT2D eigenvalue weighted by molar-refractivity contribution is -0.130. The third kappa shape index (κ3) is 11.1. The number of nitrogens with one attached hydrogen (secondary N) is 2. The van der Waals surface area contributed by atoms with Gasteiger partial charge in [-0.1, -0.05) is 62.4 Å². The maximum atomic E-state index is 13.3. The van der Waals surface area contributed by atoms with Crippen LogP contribution in [0, 0.1) is 0 Å². The van der Waals surface area contributed by atoms with Crippen LogP contribution in [-0.4, -0.2) is 59.5 Å². The average molecular weight is 577 g/mol. The molecule has 9 heteroatoms. The molecule has 0 bridgehead atoms. The second-order valence-electron chi connectivity index (χ2n) is 10.7. The number of benzene rings is 2. The van der Waals surface area contributed by atoms with E-state index in [2.05, 4.69) is 10.6 Å². The van der Waals surface area contributed by atoms with Gasteiger partial charge >= 0.3 is 0 Å². The number of rotatable bonds is 18. The fourth-order valence-electron chi connectivity index (χ4n) is 5.03. The topological polar surface area (TPSA) is 138 Å². The van der Waals surface area contributed by atoms with Gasteiger partial charge in [-0.15, -0.1) is 0 Å². The van der Waals surface area contributed by atoms with E-state index in [9.17, 15) is 19.5 Å². The first-order valence-corrected chi connectivity index (χ1v) is 14.7. The van der Waals surface area contributed by atoms with Crippen molar-refractivity contribution in [3.63, 3.8) is 0 Å². The number of primary amides is 1. The third-order valence-corrected chi connectivity index (χ3v) is 6.92. The Balaban J connectivity index is 1.71. The number of aliphatic hydroxyl groups excluding tert-OH is 1. The number of hydrogen-bond acceptors (Lipinski definition) is 6. The Kier molecular flexibility index (Phi) is 13.3. The summed E-state index contributed by atoms with van der Waals surface area (Å²) in [4.78, 5) is 39.8. The molecule has 42 heavy (non-hydrogen) atoms. The molecule has 0 unspecified atom stereocenters. The molecule has 0 aliphatic rings. The summed E-state index contributed by atoms with van der Waals surface area (Å²) in [6, 6.07) is 16.5. The van der Waals surface area contributed by atoms with Gasteiger partial charge in [0.1, 0.15) is 0 Å². The molecule has 226 valence electrons. The van der Waals surface area contributed by atoms with Crippen LogP contribution in [0.15, 0.2) is 71.5 Å². The molecular weight excluding hydrogens is 532 g/mol. The smallest absolute Gasteiger partial charge is 0.226 e. The summed E-state index contributed by atoms with van der Waals surface area (Å²) >= 11 is 0. The van der Waals surface area contributed by atoms with E-state index in [1.54, 1.807) is 24.7 Å². The lowest BCUT2D eigenvalue weighted by Crippen LogP contribution is -2.49. The van der Waals surface area contributed by atoms with Crippen molar-refractivity contribution < 1.29 is 23.9 Å². The van der Waals surface area contributed by atoms with Gasteiger partial charge in [-0.3, -0.25) is 14.4 Å². The van der Waals surface area contributed by atoms with E-state index in [1.807, 2.05) is 61.2 Å². The standard InChI is InChI=1S/C33H44N4O5/c1-3-11-37(12-4-2)33(41)20-28-15-26(18-31(34)39)14-27(16-28)19-32(40)36-29(17-25-10-13-42-23-25)30(38)22-35-21-24-8-6-5-7-9-24/h5-10,13-16,23,29-30,35,38H,3-4,11-12,17-22H2,1-2H3,(H2,34,39)(H,36,40)/t29-,30+/m0/s1. The zero-order chi connectivity index (χ0) is 30.3. The molecule has 3 rings (SSSR count). The van der Waals surface area contributed by atoms with Gasteiger partial charge in [0, 0.05) is 26.2 Å². The van der Waals surface area contributed by atoms with Crippen LogP contribution in [0.25, 0.3) is 0 Å². The van der Waals surface area contributed by atoms with Crippen molar-refractivity contribution in [2.45, 2.75) is 71.1 Å². The summed E-state index contributed by atoms with van der Waals surface area (Å²) in [7, 11) is 0. The maximum Gasteiger partial charge on any atom is 0.226 e. The normalized spacial score (nSPS) is 12.5. The Morgan fingerprint density at radius 1 is 0.881 bits per heavy atom. The molecule has 1 heterocycles. The second-order valence-corrected chi connectivity index (χ2v) is 10.7. The van der Waals surface area contributed by atoms with Crippen molar-refractivity contribution in [1.29, 1.82) is 0 Å². The lowest BCUT2D eigenvalue weighted by Gasteiger charge is -2.24. The molecule has 5 N–H and O–H groups in total. The summed E-state index contributed by atoms with van der Waals surface area (Å²) in [6.07, 6.45) is 4.64. The van der Waals surface area contributed by atoms with Gasteiger partial charge in [0.15, 0.2) is 0 Å². The fraction of sp³-hybridized carbons (Fsp3) is 0.424. The van der Waals surface area contributed by atoms with Crippen molar-refractivity contribution in [1.82, 2.24) is 15.5 Å². The van der Waals surface area contributed by atoms with Gasteiger partial charge in [-0.25, -0.2) is 0 Å². The predicted octanol–water partition coefficient (Wildman–Crippen LogP) is 2.92. The Labute approximate surface area is 248 Å². The Morgan fingerprint density at radius 2 is 1.52 bits per heavy atom. The highest BCUT2D eigenvalue weighted by molar-refractivity contribution is 5.81. The molecule has 0 aliphatic heterocycles. The van der Waals surface area contributed by atoms with Gasteiger partial charge in [-0.05, 0) is 53.1 Å². The van der Waals surface area contributed by atoms with Crippen molar-refractivity contribution in [2.24, 2.45) is 5.73 Å². The average Bonchev–Trinajstić information content (AvgIpc) is 3.46. The molecule has 9 nitrogen and oxygen atoms in total. The monoisotopic (exact) mass is 576 g/mol. The second kappa shape index (κ2) is 17.1. The van der Waals surface area contributed by atoms with Gasteiger partial charge < -0.3 is 30.8 Å². The quantitative estimate of drug-likeness (QED) is 0.184. The lowest BCUT2D eigenvalue weighted by atomic mass is 9.98. The van der Waals surface area contributed by atoms with E-state index >= 15 is 0 Å². The maximum absolute atomic E-state index is 13.3. The van der Waals surface area contributed by atoms with Gasteiger partial charge in [0.05, 0.1) is 43.9 Å². The Bertz CT molecular complexity index is 1260. The van der Waals surface area contributed by atoms with E-state index in [0.717, 1.165) is 29.5 Å². The zero-order valence-corrected chi connectivity index (χ0v) is 24.7. The molecule has 0 fully saturated rings. The molecule has 0 saturated heterocycles. The summed E-state index contributed by atoms with van der Waals surface area (Å²) in [5.41, 5.74) is 9.48.